The topological polar surface area (TPSA) is 66.6 Å². The summed E-state index contributed by atoms with van der Waals surface area (Å²) in [4.78, 5) is 27.7. The van der Waals surface area contributed by atoms with Crippen molar-refractivity contribution in [2.75, 3.05) is 25.4 Å². The Morgan fingerprint density at radius 3 is 2.68 bits per heavy atom. The molecule has 0 bridgehead atoms. The van der Waals surface area contributed by atoms with Gasteiger partial charge in [-0.15, -0.1) is 0 Å². The summed E-state index contributed by atoms with van der Waals surface area (Å²) >= 11 is 0. The zero-order chi connectivity index (χ0) is 13.4. The second-order valence-corrected chi connectivity index (χ2v) is 5.13. The summed E-state index contributed by atoms with van der Waals surface area (Å²) in [7, 11) is 0. The Morgan fingerprint density at radius 1 is 1.26 bits per heavy atom. The molecule has 2 heterocycles. The number of likely N-dealkylation sites (tertiary alicyclic amines) is 1. The van der Waals surface area contributed by atoms with Crippen molar-refractivity contribution in [3.8, 4) is 0 Å². The van der Waals surface area contributed by atoms with Crippen LogP contribution in [0.4, 0.5) is 5.69 Å². The highest BCUT2D eigenvalue weighted by Crippen LogP contribution is 2.27. The molecule has 1 aromatic carbocycles. The van der Waals surface area contributed by atoms with E-state index in [1.165, 1.54) is 0 Å². The van der Waals surface area contributed by atoms with Gasteiger partial charge in [0, 0.05) is 25.3 Å². The minimum absolute atomic E-state index is 0.0391. The summed E-state index contributed by atoms with van der Waals surface area (Å²) in [5, 5.41) is 0. The van der Waals surface area contributed by atoms with Crippen molar-refractivity contribution in [3.63, 3.8) is 0 Å². The van der Waals surface area contributed by atoms with Gasteiger partial charge in [0.2, 0.25) is 5.91 Å². The predicted octanol–water partition coefficient (Wildman–Crippen LogP) is 0.847. The Morgan fingerprint density at radius 2 is 2.00 bits per heavy atom. The highest BCUT2D eigenvalue weighted by molar-refractivity contribution is 6.04. The van der Waals surface area contributed by atoms with Gasteiger partial charge in [0.25, 0.3) is 5.91 Å². The minimum Gasteiger partial charge on any atom is -0.398 e. The molecule has 2 aliphatic rings. The molecule has 0 saturated carbocycles. The van der Waals surface area contributed by atoms with Crippen LogP contribution in [0.15, 0.2) is 18.2 Å². The van der Waals surface area contributed by atoms with E-state index in [0.717, 1.165) is 31.5 Å². The lowest BCUT2D eigenvalue weighted by atomic mass is 10.1. The van der Waals surface area contributed by atoms with E-state index in [1.807, 2.05) is 17.0 Å². The monoisotopic (exact) mass is 259 g/mol. The molecule has 0 spiro atoms. The van der Waals surface area contributed by atoms with Crippen LogP contribution < -0.4 is 5.73 Å². The van der Waals surface area contributed by atoms with Crippen LogP contribution in [0.2, 0.25) is 0 Å². The van der Waals surface area contributed by atoms with Gasteiger partial charge in [0.05, 0.1) is 5.56 Å². The van der Waals surface area contributed by atoms with Crippen LogP contribution in [-0.2, 0) is 11.3 Å². The first-order valence-corrected chi connectivity index (χ1v) is 6.61. The van der Waals surface area contributed by atoms with Crippen molar-refractivity contribution in [2.45, 2.75) is 19.4 Å². The molecule has 0 atom stereocenters. The lowest BCUT2D eigenvalue weighted by Gasteiger charge is -2.20. The van der Waals surface area contributed by atoms with Gasteiger partial charge in [-0.25, -0.2) is 0 Å². The van der Waals surface area contributed by atoms with Gasteiger partial charge in [-0.1, -0.05) is 12.1 Å². The Bertz CT molecular complexity index is 535. The number of anilines is 1. The quantitative estimate of drug-likeness (QED) is 0.801. The van der Waals surface area contributed by atoms with Gasteiger partial charge in [-0.05, 0) is 24.5 Å². The summed E-state index contributed by atoms with van der Waals surface area (Å²) in [6.45, 7) is 2.28. The van der Waals surface area contributed by atoms with Crippen molar-refractivity contribution in [1.29, 1.82) is 0 Å². The van der Waals surface area contributed by atoms with E-state index in [-0.39, 0.29) is 18.4 Å². The number of amides is 2. The first-order valence-electron chi connectivity index (χ1n) is 6.61. The number of hydrogen-bond acceptors (Lipinski definition) is 3. The van der Waals surface area contributed by atoms with Crippen LogP contribution in [-0.4, -0.2) is 41.2 Å². The number of carbonyl (C=O) groups excluding carboxylic acids is 2. The predicted molar refractivity (Wildman–Crippen MR) is 71.4 cm³/mol. The number of carbonyl (C=O) groups is 2. The largest absolute Gasteiger partial charge is 0.398 e. The van der Waals surface area contributed by atoms with E-state index in [9.17, 15) is 9.59 Å². The number of rotatable bonds is 2. The zero-order valence-electron chi connectivity index (χ0n) is 10.8. The van der Waals surface area contributed by atoms with E-state index in [2.05, 4.69) is 0 Å². The molecule has 0 aromatic heterocycles. The first kappa shape index (κ1) is 12.0. The average Bonchev–Trinajstić information content (AvgIpc) is 2.99. The van der Waals surface area contributed by atoms with Crippen LogP contribution in [0, 0.1) is 0 Å². The number of nitrogen functional groups attached to an aromatic ring is 1. The minimum atomic E-state index is -0.124. The lowest BCUT2D eigenvalue weighted by molar-refractivity contribution is -0.130. The van der Waals surface area contributed by atoms with E-state index >= 15 is 0 Å². The molecule has 1 fully saturated rings. The van der Waals surface area contributed by atoms with E-state index in [4.69, 9.17) is 5.73 Å². The van der Waals surface area contributed by atoms with Gasteiger partial charge >= 0.3 is 0 Å². The summed E-state index contributed by atoms with van der Waals surface area (Å²) in [5.74, 6) is -0.0853. The third kappa shape index (κ3) is 2.05. The molecule has 2 N–H and O–H groups in total. The fraction of sp³-hybridized carbons (Fsp3) is 0.429. The van der Waals surface area contributed by atoms with Gasteiger partial charge in [0.1, 0.15) is 6.54 Å². The number of nitrogens with zero attached hydrogens (tertiary/aromatic N) is 2. The fourth-order valence-corrected chi connectivity index (χ4v) is 2.81. The van der Waals surface area contributed by atoms with E-state index < -0.39 is 0 Å². The van der Waals surface area contributed by atoms with Crippen LogP contribution in [0.25, 0.3) is 0 Å². The molecule has 100 valence electrons. The first-order chi connectivity index (χ1) is 9.16. The van der Waals surface area contributed by atoms with Gasteiger partial charge < -0.3 is 15.5 Å². The van der Waals surface area contributed by atoms with Crippen LogP contribution >= 0.6 is 0 Å². The standard InChI is InChI=1S/C14H17N3O2/c15-11-5-3-4-10-8-17(14(19)13(10)11)9-12(18)16-6-1-2-7-16/h3-5H,1-2,6-9,15H2. The van der Waals surface area contributed by atoms with Crippen LogP contribution in [0.3, 0.4) is 0 Å². The summed E-state index contributed by atoms with van der Waals surface area (Å²) in [5.41, 5.74) is 7.82. The molecule has 0 unspecified atom stereocenters. The van der Waals surface area contributed by atoms with Crippen molar-refractivity contribution in [1.82, 2.24) is 9.80 Å². The summed E-state index contributed by atoms with van der Waals surface area (Å²) < 4.78 is 0. The van der Waals surface area contributed by atoms with Crippen molar-refractivity contribution in [2.24, 2.45) is 0 Å². The Labute approximate surface area is 112 Å². The maximum atomic E-state index is 12.2. The van der Waals surface area contributed by atoms with E-state index in [1.54, 1.807) is 11.0 Å². The smallest absolute Gasteiger partial charge is 0.257 e. The third-order valence-electron chi connectivity index (χ3n) is 3.83. The Balaban J connectivity index is 1.73. The van der Waals surface area contributed by atoms with Crippen LogP contribution in [0.1, 0.15) is 28.8 Å². The molecule has 2 amide bonds. The second-order valence-electron chi connectivity index (χ2n) is 5.13. The van der Waals surface area contributed by atoms with Crippen molar-refractivity contribution >= 4 is 17.5 Å². The molecule has 1 aromatic rings. The molecule has 2 aliphatic heterocycles. The SMILES string of the molecule is Nc1cccc2c1C(=O)N(CC(=O)N1CCCC1)C2. The number of benzene rings is 1. The van der Waals surface area contributed by atoms with Crippen molar-refractivity contribution in [3.05, 3.63) is 29.3 Å². The van der Waals surface area contributed by atoms with E-state index in [0.29, 0.717) is 17.8 Å². The molecule has 0 aliphatic carbocycles. The fourth-order valence-electron chi connectivity index (χ4n) is 2.81. The maximum Gasteiger partial charge on any atom is 0.257 e. The summed E-state index contributed by atoms with van der Waals surface area (Å²) in [6, 6.07) is 5.46. The molecule has 3 rings (SSSR count). The van der Waals surface area contributed by atoms with Crippen LogP contribution in [0.5, 0.6) is 0 Å². The second kappa shape index (κ2) is 4.57. The zero-order valence-corrected chi connectivity index (χ0v) is 10.8. The normalized spacial score (nSPS) is 18.0. The highest BCUT2D eigenvalue weighted by atomic mass is 16.2. The molecular formula is C14H17N3O2. The molecular weight excluding hydrogens is 242 g/mol. The van der Waals surface area contributed by atoms with Gasteiger partial charge in [0.15, 0.2) is 0 Å². The molecule has 19 heavy (non-hydrogen) atoms. The number of fused-ring (bicyclic) bond motifs is 1. The van der Waals surface area contributed by atoms with Crippen molar-refractivity contribution < 1.29 is 9.59 Å². The average molecular weight is 259 g/mol. The molecule has 1 saturated heterocycles. The molecule has 0 radical (unpaired) electrons. The Kier molecular flexibility index (Phi) is 2.89. The molecule has 5 nitrogen and oxygen atoms in total. The summed E-state index contributed by atoms with van der Waals surface area (Å²) in [6.07, 6.45) is 2.12. The maximum absolute atomic E-state index is 12.2. The highest BCUT2D eigenvalue weighted by Gasteiger charge is 2.31. The lowest BCUT2D eigenvalue weighted by Crippen LogP contribution is -2.39. The number of hydrogen-bond donors (Lipinski definition) is 1. The number of nitrogens with two attached hydrogens (primary N) is 1. The molecule has 5 heteroatoms. The third-order valence-corrected chi connectivity index (χ3v) is 3.83. The Hall–Kier alpha value is -2.04. The van der Waals surface area contributed by atoms with Gasteiger partial charge in [-0.3, -0.25) is 9.59 Å². The van der Waals surface area contributed by atoms with Gasteiger partial charge in [-0.2, -0.15) is 0 Å².